The van der Waals surface area contributed by atoms with E-state index in [1.807, 2.05) is 11.3 Å². The van der Waals surface area contributed by atoms with Crippen molar-refractivity contribution in [2.24, 2.45) is 0 Å². The van der Waals surface area contributed by atoms with Crippen LogP contribution in [0.15, 0.2) is 200 Å². The number of nitrogens with zero attached hydrogens (tertiary/aromatic N) is 1. The number of para-hydroxylation sites is 1. The molecule has 0 fully saturated rings. The fourth-order valence-corrected chi connectivity index (χ4v) is 8.75. The summed E-state index contributed by atoms with van der Waals surface area (Å²) < 4.78 is 2.66. The molecule has 0 unspecified atom stereocenters. The molecule has 244 valence electrons. The largest absolute Gasteiger partial charge is 0.310 e. The molecule has 0 saturated heterocycles. The van der Waals surface area contributed by atoms with Gasteiger partial charge in [0.1, 0.15) is 0 Å². The minimum absolute atomic E-state index is 1.11. The van der Waals surface area contributed by atoms with Gasteiger partial charge in [0, 0.05) is 37.2 Å². The van der Waals surface area contributed by atoms with Crippen LogP contribution in [0, 0.1) is 0 Å². The van der Waals surface area contributed by atoms with Crippen molar-refractivity contribution in [2.75, 3.05) is 4.90 Å². The quantitative estimate of drug-likeness (QED) is 0.169. The van der Waals surface area contributed by atoms with Crippen molar-refractivity contribution in [3.8, 4) is 33.4 Å². The van der Waals surface area contributed by atoms with Gasteiger partial charge in [-0.25, -0.2) is 0 Å². The van der Waals surface area contributed by atoms with Crippen LogP contribution in [0.25, 0.3) is 75.1 Å². The van der Waals surface area contributed by atoms with Gasteiger partial charge in [-0.3, -0.25) is 0 Å². The topological polar surface area (TPSA) is 3.24 Å². The predicted molar refractivity (Wildman–Crippen MR) is 225 cm³/mol. The molecule has 0 aliphatic carbocycles. The molecule has 1 nitrogen and oxygen atoms in total. The lowest BCUT2D eigenvalue weighted by atomic mass is 9.92. The van der Waals surface area contributed by atoms with Crippen molar-refractivity contribution >= 4 is 70.1 Å². The van der Waals surface area contributed by atoms with Crippen molar-refractivity contribution in [1.29, 1.82) is 0 Å². The Kier molecular flexibility index (Phi) is 7.41. The number of hydrogen-bond donors (Lipinski definition) is 0. The molecule has 0 aliphatic heterocycles. The average Bonchev–Trinajstić information content (AvgIpc) is 3.58. The van der Waals surface area contributed by atoms with E-state index in [9.17, 15) is 0 Å². The minimum Gasteiger partial charge on any atom is -0.310 e. The number of thiophene rings is 1. The molecule has 1 aromatic heterocycles. The Balaban J connectivity index is 1.09. The maximum atomic E-state index is 2.37. The maximum absolute atomic E-state index is 2.37. The molecule has 9 aromatic carbocycles. The highest BCUT2D eigenvalue weighted by atomic mass is 32.1. The van der Waals surface area contributed by atoms with Crippen LogP contribution < -0.4 is 4.90 Å². The molecule has 2 heteroatoms. The van der Waals surface area contributed by atoms with E-state index < -0.39 is 0 Å². The van der Waals surface area contributed by atoms with E-state index in [-0.39, 0.29) is 0 Å². The van der Waals surface area contributed by atoms with Gasteiger partial charge >= 0.3 is 0 Å². The van der Waals surface area contributed by atoms with Gasteiger partial charge in [0.2, 0.25) is 0 Å². The van der Waals surface area contributed by atoms with Gasteiger partial charge in [-0.05, 0) is 122 Å². The fourth-order valence-electron chi connectivity index (χ4n) is 7.61. The minimum atomic E-state index is 1.11. The molecule has 0 bridgehead atoms. The third-order valence-electron chi connectivity index (χ3n) is 10.2. The monoisotopic (exact) mass is 679 g/mol. The second-order valence-electron chi connectivity index (χ2n) is 13.4. The number of fused-ring (bicyclic) bond motifs is 5. The Bertz CT molecular complexity index is 2890. The van der Waals surface area contributed by atoms with E-state index in [4.69, 9.17) is 0 Å². The van der Waals surface area contributed by atoms with E-state index in [0.29, 0.717) is 0 Å². The maximum Gasteiger partial charge on any atom is 0.0468 e. The molecule has 0 amide bonds. The molecule has 0 radical (unpaired) electrons. The fraction of sp³-hybridized carbons (Fsp3) is 0. The first-order chi connectivity index (χ1) is 25.7. The summed E-state index contributed by atoms with van der Waals surface area (Å²) in [4.78, 5) is 2.36. The van der Waals surface area contributed by atoms with Gasteiger partial charge < -0.3 is 4.90 Å². The highest BCUT2D eigenvalue weighted by molar-refractivity contribution is 7.25. The predicted octanol–water partition coefficient (Wildman–Crippen LogP) is 14.8. The van der Waals surface area contributed by atoms with Gasteiger partial charge in [0.15, 0.2) is 0 Å². The number of anilines is 3. The average molecular weight is 680 g/mol. The molecule has 0 aliphatic rings. The van der Waals surface area contributed by atoms with Gasteiger partial charge in [0.25, 0.3) is 0 Å². The molecule has 0 saturated carbocycles. The first-order valence-electron chi connectivity index (χ1n) is 17.7. The van der Waals surface area contributed by atoms with Gasteiger partial charge in [-0.2, -0.15) is 0 Å². The summed E-state index contributed by atoms with van der Waals surface area (Å²) in [6.45, 7) is 0. The lowest BCUT2D eigenvalue weighted by Gasteiger charge is -2.27. The first kappa shape index (κ1) is 30.4. The zero-order valence-electron chi connectivity index (χ0n) is 28.4. The molecule has 0 N–H and O–H groups in total. The van der Waals surface area contributed by atoms with Crippen LogP contribution in [0.2, 0.25) is 0 Å². The number of hydrogen-bond acceptors (Lipinski definition) is 2. The van der Waals surface area contributed by atoms with Crippen LogP contribution in [0.3, 0.4) is 0 Å². The van der Waals surface area contributed by atoms with Crippen molar-refractivity contribution < 1.29 is 0 Å². The van der Waals surface area contributed by atoms with Crippen LogP contribution in [0.1, 0.15) is 0 Å². The molecular weight excluding hydrogens is 647 g/mol. The van der Waals surface area contributed by atoms with Crippen LogP contribution in [0.5, 0.6) is 0 Å². The molecule has 0 spiro atoms. The summed E-state index contributed by atoms with van der Waals surface area (Å²) >= 11 is 1.87. The van der Waals surface area contributed by atoms with Crippen LogP contribution in [-0.4, -0.2) is 0 Å². The number of rotatable bonds is 6. The molecule has 10 rings (SSSR count). The van der Waals surface area contributed by atoms with Gasteiger partial charge in [-0.1, -0.05) is 133 Å². The molecule has 10 aromatic rings. The highest BCUT2D eigenvalue weighted by Crippen LogP contribution is 2.43. The van der Waals surface area contributed by atoms with Crippen molar-refractivity contribution in [3.63, 3.8) is 0 Å². The van der Waals surface area contributed by atoms with E-state index in [1.165, 1.54) is 75.1 Å². The normalized spacial score (nSPS) is 11.5. The lowest BCUT2D eigenvalue weighted by molar-refractivity contribution is 1.28. The van der Waals surface area contributed by atoms with E-state index in [1.54, 1.807) is 0 Å². The van der Waals surface area contributed by atoms with E-state index in [2.05, 4.69) is 205 Å². The summed E-state index contributed by atoms with van der Waals surface area (Å²) in [6, 6.07) is 73.0. The third kappa shape index (κ3) is 5.42. The second kappa shape index (κ2) is 12.7. The molecule has 0 atom stereocenters. The van der Waals surface area contributed by atoms with Crippen molar-refractivity contribution in [1.82, 2.24) is 0 Å². The van der Waals surface area contributed by atoms with Crippen LogP contribution >= 0.6 is 11.3 Å². The third-order valence-corrected chi connectivity index (χ3v) is 11.3. The van der Waals surface area contributed by atoms with Crippen LogP contribution in [0.4, 0.5) is 17.1 Å². The van der Waals surface area contributed by atoms with Crippen molar-refractivity contribution in [3.05, 3.63) is 200 Å². The number of benzene rings is 9. The molecular formula is C50H33NS. The zero-order valence-corrected chi connectivity index (χ0v) is 29.2. The van der Waals surface area contributed by atoms with E-state index in [0.717, 1.165) is 17.1 Å². The Labute approximate surface area is 307 Å². The summed E-state index contributed by atoms with van der Waals surface area (Å²) in [5.41, 5.74) is 10.6. The second-order valence-corrected chi connectivity index (χ2v) is 14.5. The molecule has 52 heavy (non-hydrogen) atoms. The van der Waals surface area contributed by atoms with E-state index >= 15 is 0 Å². The summed E-state index contributed by atoms with van der Waals surface area (Å²) in [5, 5.41) is 7.71. The lowest BCUT2D eigenvalue weighted by Crippen LogP contribution is -2.10. The SMILES string of the molecule is c1ccc(-c2cc(N(c3ccccc3)c3ccc(-c4ccc5ccccc5c4)cc3)ccc2-c2ccc3cc4c(cc3c2)sc2ccccc24)cc1. The smallest absolute Gasteiger partial charge is 0.0468 e. The standard InChI is InChI=1S/C50H33NS/c1-3-12-36(13-4-1)47-33-44(27-28-45(47)40-22-21-39-31-48-46-17-9-10-18-49(46)52-50(48)32-41(39)30-40)51(42-15-5-2-6-16-42)43-25-23-35(24-26-43)38-20-19-34-11-7-8-14-37(34)29-38/h1-33H. The first-order valence-corrected chi connectivity index (χ1v) is 18.6. The zero-order chi connectivity index (χ0) is 34.4. The van der Waals surface area contributed by atoms with Crippen LogP contribution in [-0.2, 0) is 0 Å². The Hall–Kier alpha value is -6.48. The Morgan fingerprint density at radius 2 is 0.904 bits per heavy atom. The summed E-state index contributed by atoms with van der Waals surface area (Å²) in [7, 11) is 0. The van der Waals surface area contributed by atoms with Gasteiger partial charge in [-0.15, -0.1) is 11.3 Å². The van der Waals surface area contributed by atoms with Crippen molar-refractivity contribution in [2.45, 2.75) is 0 Å². The van der Waals surface area contributed by atoms with Gasteiger partial charge in [0.05, 0.1) is 0 Å². The highest BCUT2D eigenvalue weighted by Gasteiger charge is 2.17. The Morgan fingerprint density at radius 1 is 0.288 bits per heavy atom. The summed E-state index contributed by atoms with van der Waals surface area (Å²) in [5.74, 6) is 0. The molecule has 1 heterocycles. The summed E-state index contributed by atoms with van der Waals surface area (Å²) in [6.07, 6.45) is 0. The Morgan fingerprint density at radius 3 is 1.75 bits per heavy atom.